The van der Waals surface area contributed by atoms with Gasteiger partial charge in [0.1, 0.15) is 0 Å². The van der Waals surface area contributed by atoms with Gasteiger partial charge in [0.25, 0.3) is 5.91 Å². The van der Waals surface area contributed by atoms with Gasteiger partial charge in [0.2, 0.25) is 0 Å². The van der Waals surface area contributed by atoms with E-state index in [0.717, 1.165) is 8.95 Å². The highest BCUT2D eigenvalue weighted by molar-refractivity contribution is 9.11. The van der Waals surface area contributed by atoms with Gasteiger partial charge in [-0.2, -0.15) is 0 Å². The fourth-order valence-corrected chi connectivity index (χ4v) is 2.34. The second-order valence-electron chi connectivity index (χ2n) is 2.60. The molecule has 1 N–H and O–H groups in total. The highest BCUT2D eigenvalue weighted by Gasteiger charge is 2.06. The van der Waals surface area contributed by atoms with Crippen LogP contribution in [-0.4, -0.2) is 18.3 Å². The molecule has 0 spiro atoms. The van der Waals surface area contributed by atoms with Gasteiger partial charge in [0, 0.05) is 26.9 Å². The molecular formula is C9H8Br2ClNO. The van der Waals surface area contributed by atoms with Crippen molar-refractivity contribution in [2.75, 3.05) is 12.4 Å². The van der Waals surface area contributed by atoms with E-state index in [1.165, 1.54) is 0 Å². The van der Waals surface area contributed by atoms with Crippen LogP contribution < -0.4 is 5.32 Å². The number of amides is 1. The van der Waals surface area contributed by atoms with Crippen LogP contribution in [0.5, 0.6) is 0 Å². The molecule has 76 valence electrons. The first-order valence-electron chi connectivity index (χ1n) is 3.93. The molecule has 0 unspecified atom stereocenters. The molecule has 1 aromatic rings. The van der Waals surface area contributed by atoms with Gasteiger partial charge < -0.3 is 5.32 Å². The number of hydrogen-bond acceptors (Lipinski definition) is 1. The summed E-state index contributed by atoms with van der Waals surface area (Å²) in [7, 11) is 0. The quantitative estimate of drug-likeness (QED) is 0.841. The molecule has 1 rings (SSSR count). The van der Waals surface area contributed by atoms with E-state index in [4.69, 9.17) is 11.6 Å². The van der Waals surface area contributed by atoms with Gasteiger partial charge in [-0.1, -0.05) is 31.9 Å². The number of hydrogen-bond donors (Lipinski definition) is 1. The lowest BCUT2D eigenvalue weighted by Crippen LogP contribution is -2.25. The van der Waals surface area contributed by atoms with Crippen molar-refractivity contribution >= 4 is 49.4 Å². The monoisotopic (exact) mass is 339 g/mol. The zero-order valence-electron chi connectivity index (χ0n) is 7.19. The van der Waals surface area contributed by atoms with Crippen LogP contribution in [0.15, 0.2) is 27.1 Å². The lowest BCUT2D eigenvalue weighted by Gasteiger charge is -2.04. The van der Waals surface area contributed by atoms with Gasteiger partial charge in [0.05, 0.1) is 0 Å². The van der Waals surface area contributed by atoms with E-state index in [2.05, 4.69) is 37.2 Å². The molecule has 0 aliphatic carbocycles. The average Bonchev–Trinajstić information content (AvgIpc) is 2.12. The van der Waals surface area contributed by atoms with E-state index in [9.17, 15) is 4.79 Å². The Kier molecular flexibility index (Phi) is 4.92. The minimum Gasteiger partial charge on any atom is -0.351 e. The maximum absolute atomic E-state index is 11.5. The minimum atomic E-state index is -0.118. The molecule has 0 bridgehead atoms. The topological polar surface area (TPSA) is 29.1 Å². The van der Waals surface area contributed by atoms with Gasteiger partial charge in [-0.3, -0.25) is 4.79 Å². The fourth-order valence-electron chi connectivity index (χ4n) is 0.948. The van der Waals surface area contributed by atoms with Gasteiger partial charge in [0.15, 0.2) is 0 Å². The molecule has 0 fully saturated rings. The second kappa shape index (κ2) is 5.73. The number of benzene rings is 1. The van der Waals surface area contributed by atoms with Crippen molar-refractivity contribution in [3.8, 4) is 0 Å². The third-order valence-corrected chi connectivity index (χ3v) is 2.61. The van der Waals surface area contributed by atoms with Gasteiger partial charge in [-0.25, -0.2) is 0 Å². The van der Waals surface area contributed by atoms with Crippen LogP contribution in [0.1, 0.15) is 10.4 Å². The summed E-state index contributed by atoms with van der Waals surface area (Å²) in [5.74, 6) is 0.300. The molecule has 0 aliphatic rings. The van der Waals surface area contributed by atoms with Crippen LogP contribution in [0.25, 0.3) is 0 Å². The number of carbonyl (C=O) groups excluding carboxylic acids is 1. The lowest BCUT2D eigenvalue weighted by molar-refractivity contribution is 0.0956. The summed E-state index contributed by atoms with van der Waals surface area (Å²) in [5, 5.41) is 2.69. The molecule has 0 aliphatic heterocycles. The second-order valence-corrected chi connectivity index (χ2v) is 4.81. The van der Waals surface area contributed by atoms with Crippen LogP contribution in [0, 0.1) is 0 Å². The van der Waals surface area contributed by atoms with Crippen molar-refractivity contribution in [1.82, 2.24) is 5.32 Å². The Morgan fingerprint density at radius 2 is 1.86 bits per heavy atom. The summed E-state index contributed by atoms with van der Waals surface area (Å²) in [6.07, 6.45) is 0. The lowest BCUT2D eigenvalue weighted by atomic mass is 10.2. The summed E-state index contributed by atoms with van der Waals surface area (Å²) in [5.41, 5.74) is 0.608. The third kappa shape index (κ3) is 3.59. The highest BCUT2D eigenvalue weighted by atomic mass is 79.9. The summed E-state index contributed by atoms with van der Waals surface area (Å²) >= 11 is 12.1. The van der Waals surface area contributed by atoms with E-state index >= 15 is 0 Å². The van der Waals surface area contributed by atoms with Crippen LogP contribution in [0.4, 0.5) is 0 Å². The molecule has 0 saturated heterocycles. The van der Waals surface area contributed by atoms with Crippen molar-refractivity contribution in [2.45, 2.75) is 0 Å². The van der Waals surface area contributed by atoms with Crippen LogP contribution in [-0.2, 0) is 0 Å². The van der Waals surface area contributed by atoms with E-state index in [1.807, 2.05) is 6.07 Å². The predicted molar refractivity (Wildman–Crippen MR) is 64.9 cm³/mol. The van der Waals surface area contributed by atoms with E-state index < -0.39 is 0 Å². The first kappa shape index (κ1) is 12.0. The number of alkyl halides is 1. The molecular weight excluding hydrogens is 333 g/mol. The number of nitrogens with one attached hydrogen (secondary N) is 1. The van der Waals surface area contributed by atoms with Gasteiger partial charge in [-0.05, 0) is 18.2 Å². The maximum Gasteiger partial charge on any atom is 0.251 e. The van der Waals surface area contributed by atoms with Crippen molar-refractivity contribution < 1.29 is 4.79 Å². The summed E-state index contributed by atoms with van der Waals surface area (Å²) in [4.78, 5) is 11.5. The summed E-state index contributed by atoms with van der Waals surface area (Å²) in [6.45, 7) is 0.477. The van der Waals surface area contributed by atoms with Crippen molar-refractivity contribution in [2.24, 2.45) is 0 Å². The Bertz CT molecular complexity index is 323. The number of halogens is 3. The van der Waals surface area contributed by atoms with E-state index in [0.29, 0.717) is 18.0 Å². The minimum absolute atomic E-state index is 0.118. The maximum atomic E-state index is 11.5. The third-order valence-electron chi connectivity index (χ3n) is 1.50. The molecule has 0 heterocycles. The molecule has 0 aromatic heterocycles. The Morgan fingerprint density at radius 1 is 1.29 bits per heavy atom. The molecule has 1 aromatic carbocycles. The highest BCUT2D eigenvalue weighted by Crippen LogP contribution is 2.19. The summed E-state index contributed by atoms with van der Waals surface area (Å²) in [6, 6.07) is 5.39. The molecule has 14 heavy (non-hydrogen) atoms. The Balaban J connectivity index is 2.79. The number of rotatable bonds is 3. The first-order chi connectivity index (χ1) is 6.63. The van der Waals surface area contributed by atoms with Crippen LogP contribution >= 0.6 is 43.5 Å². The van der Waals surface area contributed by atoms with Crippen molar-refractivity contribution in [1.29, 1.82) is 0 Å². The standard InChI is InChI=1S/C9H8Br2ClNO/c10-7-3-6(4-8(11)5-7)9(14)13-2-1-12/h3-5H,1-2H2,(H,13,14). The molecule has 0 saturated carbocycles. The van der Waals surface area contributed by atoms with Crippen molar-refractivity contribution in [3.63, 3.8) is 0 Å². The fraction of sp³-hybridized carbons (Fsp3) is 0.222. The van der Waals surface area contributed by atoms with Crippen LogP contribution in [0.2, 0.25) is 0 Å². The smallest absolute Gasteiger partial charge is 0.251 e. The normalized spacial score (nSPS) is 9.93. The Morgan fingerprint density at radius 3 is 2.36 bits per heavy atom. The van der Waals surface area contributed by atoms with Crippen LogP contribution in [0.3, 0.4) is 0 Å². The Hall–Kier alpha value is -0.0600. The number of carbonyl (C=O) groups is 1. The van der Waals surface area contributed by atoms with E-state index in [-0.39, 0.29) is 5.91 Å². The zero-order chi connectivity index (χ0) is 10.6. The molecule has 0 radical (unpaired) electrons. The molecule has 2 nitrogen and oxygen atoms in total. The van der Waals surface area contributed by atoms with E-state index in [1.54, 1.807) is 12.1 Å². The average molecular weight is 341 g/mol. The van der Waals surface area contributed by atoms with Gasteiger partial charge in [-0.15, -0.1) is 11.6 Å². The molecule has 5 heteroatoms. The molecule has 0 atom stereocenters. The Labute approximate surface area is 104 Å². The van der Waals surface area contributed by atoms with Gasteiger partial charge >= 0.3 is 0 Å². The summed E-state index contributed by atoms with van der Waals surface area (Å²) < 4.78 is 1.73. The largest absolute Gasteiger partial charge is 0.351 e. The van der Waals surface area contributed by atoms with Crippen molar-refractivity contribution in [3.05, 3.63) is 32.7 Å². The SMILES string of the molecule is O=C(NCCCl)c1cc(Br)cc(Br)c1. The zero-order valence-corrected chi connectivity index (χ0v) is 11.1. The predicted octanol–water partition coefficient (Wildman–Crippen LogP) is 3.18. The molecule has 1 amide bonds. The first-order valence-corrected chi connectivity index (χ1v) is 6.06.